The lowest BCUT2D eigenvalue weighted by Crippen LogP contribution is -2.30. The topological polar surface area (TPSA) is 119 Å². The zero-order valence-corrected chi connectivity index (χ0v) is 13.0. The second-order valence-electron chi connectivity index (χ2n) is 5.52. The summed E-state index contributed by atoms with van der Waals surface area (Å²) in [5.41, 5.74) is 3.39. The number of hydrogen-bond donors (Lipinski definition) is 4. The average molecular weight is 338 g/mol. The molecule has 126 valence electrons. The van der Waals surface area contributed by atoms with Gasteiger partial charge in [-0.05, 0) is 12.1 Å². The number of guanidine groups is 1. The van der Waals surface area contributed by atoms with Crippen molar-refractivity contribution in [2.24, 2.45) is 10.1 Å². The fourth-order valence-corrected chi connectivity index (χ4v) is 2.72. The third-order valence-corrected chi connectivity index (χ3v) is 3.84. The summed E-state index contributed by atoms with van der Waals surface area (Å²) in [6.45, 7) is 1.46. The van der Waals surface area contributed by atoms with E-state index in [2.05, 4.69) is 20.8 Å². The summed E-state index contributed by atoms with van der Waals surface area (Å²) in [5, 5.41) is 27.0. The Bertz CT molecular complexity index is 1100. The Morgan fingerprint density at radius 3 is 3.00 bits per heavy atom. The molecule has 0 fully saturated rings. The van der Waals surface area contributed by atoms with Crippen LogP contribution in [0.15, 0.2) is 49.6 Å². The van der Waals surface area contributed by atoms with E-state index < -0.39 is 0 Å². The maximum Gasteiger partial charge on any atom is 0.212 e. The molecule has 0 radical (unpaired) electrons. The summed E-state index contributed by atoms with van der Waals surface area (Å²) in [5.74, 6) is 0.0700. The predicted octanol–water partition coefficient (Wildman–Crippen LogP) is 1.24. The van der Waals surface area contributed by atoms with Gasteiger partial charge in [-0.2, -0.15) is 5.10 Å². The average Bonchev–Trinajstić information content (AvgIpc) is 3.08. The van der Waals surface area contributed by atoms with Crippen molar-refractivity contribution in [3.05, 3.63) is 46.1 Å². The summed E-state index contributed by atoms with van der Waals surface area (Å²) >= 11 is 0. The van der Waals surface area contributed by atoms with Gasteiger partial charge in [-0.15, -0.1) is 0 Å². The largest absolute Gasteiger partial charge is 0.508 e. The van der Waals surface area contributed by atoms with Crippen LogP contribution in [0.4, 0.5) is 0 Å². The number of aliphatic imine (C=N–C) groups is 1. The summed E-state index contributed by atoms with van der Waals surface area (Å²) in [7, 11) is 0. The molecule has 0 spiro atoms. The van der Waals surface area contributed by atoms with Crippen LogP contribution in [0.2, 0.25) is 0 Å². The number of hydrazone groups is 1. The van der Waals surface area contributed by atoms with Gasteiger partial charge in [-0.3, -0.25) is 4.79 Å². The third kappa shape index (κ3) is 2.63. The zero-order valence-electron chi connectivity index (χ0n) is 13.0. The van der Waals surface area contributed by atoms with E-state index in [1.54, 1.807) is 18.2 Å². The van der Waals surface area contributed by atoms with Crippen molar-refractivity contribution >= 4 is 34.1 Å². The predicted molar refractivity (Wildman–Crippen MR) is 94.4 cm³/mol. The van der Waals surface area contributed by atoms with E-state index in [4.69, 9.17) is 4.42 Å². The molecule has 1 aliphatic rings. The van der Waals surface area contributed by atoms with Gasteiger partial charge < -0.3 is 19.9 Å². The number of nitrogens with one attached hydrogen (secondary N) is 2. The molecule has 1 aliphatic heterocycles. The first kappa shape index (κ1) is 15.0. The fourth-order valence-electron chi connectivity index (χ4n) is 2.72. The maximum atomic E-state index is 12.7. The minimum atomic E-state index is -0.376. The summed E-state index contributed by atoms with van der Waals surface area (Å²) < 4.78 is 5.76. The second kappa shape index (κ2) is 5.82. The van der Waals surface area contributed by atoms with Crippen LogP contribution in [0.3, 0.4) is 0 Å². The molecule has 1 aromatic heterocycles. The van der Waals surface area contributed by atoms with Gasteiger partial charge in [0, 0.05) is 24.2 Å². The van der Waals surface area contributed by atoms with E-state index in [0.29, 0.717) is 29.0 Å². The summed E-state index contributed by atoms with van der Waals surface area (Å²) in [4.78, 5) is 16.8. The molecular formula is C17H14N4O4. The fraction of sp³-hybridized carbons (Fsp3) is 0.118. The lowest BCUT2D eigenvalue weighted by atomic mass is 10.1. The molecule has 3 aromatic rings. The second-order valence-corrected chi connectivity index (χ2v) is 5.52. The Balaban J connectivity index is 1.85. The molecule has 0 unspecified atom stereocenters. The molecule has 8 heteroatoms. The van der Waals surface area contributed by atoms with Crippen LogP contribution < -0.4 is 16.2 Å². The Morgan fingerprint density at radius 1 is 1.32 bits per heavy atom. The quantitative estimate of drug-likeness (QED) is 0.317. The molecule has 4 N–H and O–H groups in total. The van der Waals surface area contributed by atoms with Crippen LogP contribution in [0.25, 0.3) is 21.9 Å². The number of hydrogen-bond acceptors (Lipinski definition) is 8. The standard InChI is InChI=1S/C17H14N4O4/c22-10-6-12(23)14-13(7-10)25-16-9(2-1-3-11(16)15(14)24)8-20-21-17-18-4-5-19-17/h1-3,6-8,22-23H,4-5H2,(H2,18,19,21)/b20-8+. The van der Waals surface area contributed by atoms with Crippen LogP contribution in [0, 0.1) is 0 Å². The van der Waals surface area contributed by atoms with Gasteiger partial charge in [-0.1, -0.05) is 6.07 Å². The first-order chi connectivity index (χ1) is 12.1. The molecule has 2 heterocycles. The van der Waals surface area contributed by atoms with Gasteiger partial charge >= 0.3 is 0 Å². The monoisotopic (exact) mass is 338 g/mol. The smallest absolute Gasteiger partial charge is 0.212 e. The molecule has 0 saturated heterocycles. The highest BCUT2D eigenvalue weighted by Crippen LogP contribution is 2.30. The molecule has 8 nitrogen and oxygen atoms in total. The van der Waals surface area contributed by atoms with E-state index in [0.717, 1.165) is 12.6 Å². The number of para-hydroxylation sites is 1. The molecule has 0 saturated carbocycles. The number of rotatable bonds is 2. The highest BCUT2D eigenvalue weighted by Gasteiger charge is 2.14. The number of fused-ring (bicyclic) bond motifs is 2. The number of benzene rings is 2. The van der Waals surface area contributed by atoms with Gasteiger partial charge in [0.1, 0.15) is 28.1 Å². The van der Waals surface area contributed by atoms with Crippen LogP contribution in [0.1, 0.15) is 5.56 Å². The molecule has 0 aliphatic carbocycles. The zero-order chi connectivity index (χ0) is 17.4. The molecule has 0 bridgehead atoms. The Labute approximate surface area is 141 Å². The van der Waals surface area contributed by atoms with Gasteiger partial charge in [0.05, 0.1) is 18.1 Å². The first-order valence-electron chi connectivity index (χ1n) is 7.62. The Hall–Kier alpha value is -3.55. The lowest BCUT2D eigenvalue weighted by Gasteiger charge is -2.06. The van der Waals surface area contributed by atoms with Crippen LogP contribution >= 0.6 is 0 Å². The van der Waals surface area contributed by atoms with Crippen LogP contribution in [0.5, 0.6) is 11.5 Å². The van der Waals surface area contributed by atoms with Crippen molar-refractivity contribution in [2.45, 2.75) is 0 Å². The van der Waals surface area contributed by atoms with Crippen molar-refractivity contribution in [3.63, 3.8) is 0 Å². The van der Waals surface area contributed by atoms with E-state index in [1.165, 1.54) is 12.3 Å². The minimum Gasteiger partial charge on any atom is -0.508 e. The van der Waals surface area contributed by atoms with E-state index >= 15 is 0 Å². The maximum absolute atomic E-state index is 12.7. The Kier molecular flexibility index (Phi) is 3.50. The van der Waals surface area contributed by atoms with E-state index in [9.17, 15) is 15.0 Å². The molecular weight excluding hydrogens is 324 g/mol. The number of aromatic hydroxyl groups is 2. The summed E-state index contributed by atoms with van der Waals surface area (Å²) in [6.07, 6.45) is 1.52. The van der Waals surface area contributed by atoms with Crippen LogP contribution in [-0.2, 0) is 0 Å². The van der Waals surface area contributed by atoms with E-state index in [1.807, 2.05) is 0 Å². The van der Waals surface area contributed by atoms with Gasteiger partial charge in [0.2, 0.25) is 11.4 Å². The third-order valence-electron chi connectivity index (χ3n) is 3.84. The highest BCUT2D eigenvalue weighted by molar-refractivity contribution is 6.01. The first-order valence-corrected chi connectivity index (χ1v) is 7.62. The molecule has 0 amide bonds. The molecule has 0 atom stereocenters. The van der Waals surface area contributed by atoms with Crippen molar-refractivity contribution in [2.75, 3.05) is 13.1 Å². The SMILES string of the molecule is O=c1c2cccc(/C=N/NC3=NCCN3)c2oc2cc(O)cc(O)c12. The molecule has 2 aromatic carbocycles. The van der Waals surface area contributed by atoms with Gasteiger partial charge in [-0.25, -0.2) is 10.4 Å². The van der Waals surface area contributed by atoms with Crippen molar-refractivity contribution in [1.82, 2.24) is 10.7 Å². The number of nitrogens with zero attached hydrogens (tertiary/aromatic N) is 2. The lowest BCUT2D eigenvalue weighted by molar-refractivity contribution is 0.453. The normalized spacial score (nSPS) is 14.2. The summed E-state index contributed by atoms with van der Waals surface area (Å²) in [6, 6.07) is 7.46. The molecule has 25 heavy (non-hydrogen) atoms. The number of phenols is 2. The Morgan fingerprint density at radius 2 is 2.20 bits per heavy atom. The van der Waals surface area contributed by atoms with Crippen molar-refractivity contribution < 1.29 is 14.6 Å². The minimum absolute atomic E-state index is 0.0297. The van der Waals surface area contributed by atoms with Gasteiger partial charge in [0.25, 0.3) is 0 Å². The van der Waals surface area contributed by atoms with Crippen LogP contribution in [-0.4, -0.2) is 35.5 Å². The van der Waals surface area contributed by atoms with Gasteiger partial charge in [0.15, 0.2) is 0 Å². The van der Waals surface area contributed by atoms with Crippen molar-refractivity contribution in [3.8, 4) is 11.5 Å². The molecule has 4 rings (SSSR count). The number of phenolic OH excluding ortho intramolecular Hbond substituents is 2. The van der Waals surface area contributed by atoms with Crippen molar-refractivity contribution in [1.29, 1.82) is 0 Å². The van der Waals surface area contributed by atoms with E-state index in [-0.39, 0.29) is 27.9 Å². The highest BCUT2D eigenvalue weighted by atomic mass is 16.3.